The van der Waals surface area contributed by atoms with Crippen LogP contribution in [0.15, 0.2) is 86.1 Å². The van der Waals surface area contributed by atoms with E-state index in [9.17, 15) is 14.4 Å². The number of esters is 2. The van der Waals surface area contributed by atoms with Crippen LogP contribution in [0.25, 0.3) is 17.4 Å². The van der Waals surface area contributed by atoms with E-state index in [4.69, 9.17) is 23.4 Å². The van der Waals surface area contributed by atoms with Gasteiger partial charge in [-0.15, -0.1) is 0 Å². The maximum atomic E-state index is 14.0. The molecular weight excluding hydrogens is 584 g/mol. The normalized spacial score (nSPS) is 14.6. The Morgan fingerprint density at radius 3 is 2.57 bits per heavy atom. The van der Waals surface area contributed by atoms with Crippen LogP contribution < -0.4 is 19.6 Å². The van der Waals surface area contributed by atoms with E-state index in [1.807, 2.05) is 31.2 Å². The SMILES string of the molecule is CCCOC(=O)c1cccc(-c2ccc(C=c3sc4n(c3=O)C(c3ccccc3OC)C(C(=O)OCCOC)=C(C)N=4)o2)c1. The van der Waals surface area contributed by atoms with E-state index in [0.717, 1.165) is 6.42 Å². The molecule has 0 radical (unpaired) electrons. The minimum absolute atomic E-state index is 0.0544. The van der Waals surface area contributed by atoms with Gasteiger partial charge in [0.2, 0.25) is 0 Å². The summed E-state index contributed by atoms with van der Waals surface area (Å²) in [5.74, 6) is 0.486. The molecule has 1 unspecified atom stereocenters. The summed E-state index contributed by atoms with van der Waals surface area (Å²) in [7, 11) is 3.05. The number of para-hydroxylation sites is 1. The standard InChI is InChI=1S/C33H32N2O8S/c1-5-15-41-31(37)22-10-8-9-21(18-22)25-14-13-23(43-25)19-27-30(36)35-29(24-11-6-7-12-26(24)40-4)28(20(2)34-33(35)44-27)32(38)42-17-16-39-3/h6-14,18-19,29H,5,15-17H2,1-4H3. The zero-order valence-corrected chi connectivity index (χ0v) is 25.6. The monoisotopic (exact) mass is 616 g/mol. The fraction of sp³-hybridized carbons (Fsp3) is 0.273. The summed E-state index contributed by atoms with van der Waals surface area (Å²) in [6.45, 7) is 4.28. The van der Waals surface area contributed by atoms with Gasteiger partial charge in [0, 0.05) is 24.3 Å². The number of nitrogens with zero attached hydrogens (tertiary/aromatic N) is 2. The number of hydrogen-bond donors (Lipinski definition) is 0. The molecule has 0 amide bonds. The number of hydrogen-bond acceptors (Lipinski definition) is 10. The number of fused-ring (bicyclic) bond motifs is 1. The first-order chi connectivity index (χ1) is 21.4. The summed E-state index contributed by atoms with van der Waals surface area (Å²) in [6.07, 6.45) is 2.37. The molecule has 2 aromatic heterocycles. The highest BCUT2D eigenvalue weighted by atomic mass is 32.1. The molecule has 5 rings (SSSR count). The molecule has 1 aliphatic rings. The van der Waals surface area contributed by atoms with E-state index in [-0.39, 0.29) is 24.3 Å². The van der Waals surface area contributed by atoms with Crippen LogP contribution in [0.1, 0.15) is 48.0 Å². The van der Waals surface area contributed by atoms with Crippen molar-refractivity contribution < 1.29 is 33.0 Å². The first-order valence-electron chi connectivity index (χ1n) is 14.0. The third kappa shape index (κ3) is 6.29. The van der Waals surface area contributed by atoms with Crippen LogP contribution >= 0.6 is 11.3 Å². The van der Waals surface area contributed by atoms with Crippen molar-refractivity contribution in [2.45, 2.75) is 26.3 Å². The van der Waals surface area contributed by atoms with E-state index in [2.05, 4.69) is 4.99 Å². The smallest absolute Gasteiger partial charge is 0.338 e. The molecule has 0 saturated heterocycles. The molecule has 10 nitrogen and oxygen atoms in total. The maximum Gasteiger partial charge on any atom is 0.338 e. The minimum atomic E-state index is -0.832. The van der Waals surface area contributed by atoms with E-state index in [1.54, 1.807) is 49.4 Å². The van der Waals surface area contributed by atoms with Crippen molar-refractivity contribution in [2.24, 2.45) is 4.99 Å². The largest absolute Gasteiger partial charge is 0.496 e. The lowest BCUT2D eigenvalue weighted by atomic mass is 9.95. The van der Waals surface area contributed by atoms with Crippen molar-refractivity contribution in [1.29, 1.82) is 0 Å². The summed E-state index contributed by atoms with van der Waals surface area (Å²) in [6, 6.07) is 16.9. The molecule has 0 fully saturated rings. The molecule has 0 saturated carbocycles. The molecule has 44 heavy (non-hydrogen) atoms. The number of rotatable bonds is 11. The van der Waals surface area contributed by atoms with Gasteiger partial charge in [-0.05, 0) is 43.7 Å². The van der Waals surface area contributed by atoms with Crippen molar-refractivity contribution in [1.82, 2.24) is 4.57 Å². The van der Waals surface area contributed by atoms with Gasteiger partial charge in [0.1, 0.15) is 29.9 Å². The minimum Gasteiger partial charge on any atom is -0.496 e. The number of benzene rings is 2. The Bertz CT molecular complexity index is 1900. The molecule has 0 bridgehead atoms. The highest BCUT2D eigenvalue weighted by Gasteiger charge is 2.35. The van der Waals surface area contributed by atoms with Gasteiger partial charge in [-0.25, -0.2) is 14.6 Å². The van der Waals surface area contributed by atoms with Gasteiger partial charge >= 0.3 is 11.9 Å². The second kappa shape index (κ2) is 13.7. The highest BCUT2D eigenvalue weighted by molar-refractivity contribution is 7.07. The number of carbonyl (C=O) groups is 2. The van der Waals surface area contributed by atoms with Gasteiger partial charge in [-0.2, -0.15) is 0 Å². The zero-order chi connectivity index (χ0) is 31.2. The molecule has 228 valence electrons. The van der Waals surface area contributed by atoms with Crippen LogP contribution in [0.2, 0.25) is 0 Å². The molecule has 0 aliphatic carbocycles. The van der Waals surface area contributed by atoms with Crippen molar-refractivity contribution in [3.63, 3.8) is 0 Å². The molecule has 1 aliphatic heterocycles. The Morgan fingerprint density at radius 2 is 1.80 bits per heavy atom. The second-order valence-electron chi connectivity index (χ2n) is 9.87. The Balaban J connectivity index is 1.55. The Hall–Kier alpha value is -4.74. The van der Waals surface area contributed by atoms with E-state index in [0.29, 0.717) is 55.6 Å². The molecule has 2 aromatic carbocycles. The molecule has 1 atom stereocenters. The van der Waals surface area contributed by atoms with Gasteiger partial charge in [0.05, 0.1) is 41.7 Å². The fourth-order valence-corrected chi connectivity index (χ4v) is 5.88. The number of aromatic nitrogens is 1. The van der Waals surface area contributed by atoms with E-state index in [1.165, 1.54) is 30.1 Å². The van der Waals surface area contributed by atoms with Gasteiger partial charge in [0.15, 0.2) is 4.80 Å². The van der Waals surface area contributed by atoms with Crippen molar-refractivity contribution in [2.75, 3.05) is 34.0 Å². The number of methoxy groups -OCH3 is 2. The quantitative estimate of drug-likeness (QED) is 0.181. The summed E-state index contributed by atoms with van der Waals surface area (Å²) >= 11 is 1.19. The van der Waals surface area contributed by atoms with Gasteiger partial charge in [0.25, 0.3) is 5.56 Å². The Labute approximate surface area is 257 Å². The summed E-state index contributed by atoms with van der Waals surface area (Å²) in [5.41, 5.74) is 2.06. The molecule has 4 aromatic rings. The number of ether oxygens (including phenoxy) is 4. The average molecular weight is 617 g/mol. The lowest BCUT2D eigenvalue weighted by Crippen LogP contribution is -2.40. The Kier molecular flexibility index (Phi) is 9.56. The van der Waals surface area contributed by atoms with Gasteiger partial charge < -0.3 is 23.4 Å². The van der Waals surface area contributed by atoms with Crippen molar-refractivity contribution >= 4 is 29.4 Å². The zero-order valence-electron chi connectivity index (χ0n) is 24.8. The van der Waals surface area contributed by atoms with Crippen molar-refractivity contribution in [3.8, 4) is 17.1 Å². The van der Waals surface area contributed by atoms with Crippen molar-refractivity contribution in [3.05, 3.63) is 109 Å². The van der Waals surface area contributed by atoms with Crippen LogP contribution in [0, 0.1) is 0 Å². The second-order valence-corrected chi connectivity index (χ2v) is 10.9. The topological polar surface area (TPSA) is 119 Å². The molecule has 0 spiro atoms. The predicted molar refractivity (Wildman–Crippen MR) is 164 cm³/mol. The van der Waals surface area contributed by atoms with E-state index < -0.39 is 18.0 Å². The highest BCUT2D eigenvalue weighted by Crippen LogP contribution is 2.35. The molecule has 11 heteroatoms. The first-order valence-corrected chi connectivity index (χ1v) is 14.9. The maximum absolute atomic E-state index is 14.0. The number of furan rings is 1. The molecule has 3 heterocycles. The lowest BCUT2D eigenvalue weighted by molar-refractivity contribution is -0.140. The number of carbonyl (C=O) groups excluding carboxylic acids is 2. The predicted octanol–water partition coefficient (Wildman–Crippen LogP) is 4.26. The molecule has 0 N–H and O–H groups in total. The first kappa shape index (κ1) is 30.7. The van der Waals surface area contributed by atoms with Gasteiger partial charge in [-0.3, -0.25) is 9.36 Å². The van der Waals surface area contributed by atoms with Crippen LogP contribution in [-0.4, -0.2) is 50.5 Å². The van der Waals surface area contributed by atoms with Crippen LogP contribution in [0.5, 0.6) is 5.75 Å². The van der Waals surface area contributed by atoms with Crippen LogP contribution in [-0.2, 0) is 19.0 Å². The van der Waals surface area contributed by atoms with Crippen LogP contribution in [0.4, 0.5) is 0 Å². The Morgan fingerprint density at radius 1 is 1.00 bits per heavy atom. The van der Waals surface area contributed by atoms with Crippen LogP contribution in [0.3, 0.4) is 0 Å². The third-order valence-corrected chi connectivity index (χ3v) is 7.90. The van der Waals surface area contributed by atoms with E-state index >= 15 is 0 Å². The van der Waals surface area contributed by atoms with Gasteiger partial charge in [-0.1, -0.05) is 48.6 Å². The lowest BCUT2D eigenvalue weighted by Gasteiger charge is -2.26. The summed E-state index contributed by atoms with van der Waals surface area (Å²) < 4.78 is 29.3. The molecular formula is C33H32N2O8S. The summed E-state index contributed by atoms with van der Waals surface area (Å²) in [5, 5.41) is 0. The third-order valence-electron chi connectivity index (χ3n) is 6.92. The average Bonchev–Trinajstić information content (AvgIpc) is 3.63. The number of thiazole rings is 1. The number of allylic oxidation sites excluding steroid dienone is 1. The summed E-state index contributed by atoms with van der Waals surface area (Å²) in [4.78, 5) is 44.7. The fourth-order valence-electron chi connectivity index (χ4n) is 4.86.